The standard InChI is InChI=1S/C56H99NO7/c1-6-8-10-12-14-16-18-20-22-24-25-26-27-28-29-31-33-35-37-39-41-43-45-47-55(59)64-52(50-62-49-48-53(56(60)61)57(3,4)5)51-63-54(58)46-44-42-40-38-36-34-32-30-23-21-19-17-15-13-11-9-7-2/h15,17,21,23,28-29,32,34,38,40,52-53H,6-14,16,18-20,22,24-27,30-31,33,35-37,39,41-51H2,1-5H3/b17-15+,23-21+,29-28+,34-32+,40-38+. The molecule has 2 atom stereocenters. The summed E-state index contributed by atoms with van der Waals surface area (Å²) in [5.41, 5.74) is 0. The first-order chi connectivity index (χ1) is 31.1. The molecule has 0 aliphatic heterocycles. The number of carbonyl (C=O) groups is 3. The predicted molar refractivity (Wildman–Crippen MR) is 268 cm³/mol. The van der Waals surface area contributed by atoms with Crippen molar-refractivity contribution in [3.05, 3.63) is 60.8 Å². The van der Waals surface area contributed by atoms with E-state index in [9.17, 15) is 19.5 Å². The maximum Gasteiger partial charge on any atom is 0.306 e. The van der Waals surface area contributed by atoms with Gasteiger partial charge in [-0.25, -0.2) is 0 Å². The number of quaternary nitrogens is 1. The molecule has 0 fully saturated rings. The zero-order valence-corrected chi connectivity index (χ0v) is 42.2. The summed E-state index contributed by atoms with van der Waals surface area (Å²) in [4.78, 5) is 37.0. The van der Waals surface area contributed by atoms with Gasteiger partial charge < -0.3 is 28.6 Å². The number of carbonyl (C=O) groups excluding carboxylic acids is 3. The van der Waals surface area contributed by atoms with Gasteiger partial charge in [-0.05, 0) is 77.0 Å². The highest BCUT2D eigenvalue weighted by Crippen LogP contribution is 2.15. The lowest BCUT2D eigenvalue weighted by molar-refractivity contribution is -0.889. The van der Waals surface area contributed by atoms with Gasteiger partial charge >= 0.3 is 11.9 Å². The minimum atomic E-state index is -1.13. The number of nitrogens with zero attached hydrogens (tertiary/aromatic N) is 1. The van der Waals surface area contributed by atoms with Gasteiger partial charge in [0.15, 0.2) is 6.10 Å². The predicted octanol–water partition coefficient (Wildman–Crippen LogP) is 14.0. The van der Waals surface area contributed by atoms with Crippen molar-refractivity contribution in [3.8, 4) is 0 Å². The van der Waals surface area contributed by atoms with Gasteiger partial charge in [-0.3, -0.25) is 9.59 Å². The summed E-state index contributed by atoms with van der Waals surface area (Å²) < 4.78 is 17.2. The van der Waals surface area contributed by atoms with Crippen molar-refractivity contribution >= 4 is 17.9 Å². The van der Waals surface area contributed by atoms with E-state index in [2.05, 4.69) is 74.6 Å². The zero-order valence-electron chi connectivity index (χ0n) is 42.2. The monoisotopic (exact) mass is 898 g/mol. The lowest BCUT2D eigenvalue weighted by atomic mass is 10.0. The van der Waals surface area contributed by atoms with Gasteiger partial charge in [0.1, 0.15) is 12.6 Å². The molecule has 0 rings (SSSR count). The second kappa shape index (κ2) is 46.6. The summed E-state index contributed by atoms with van der Waals surface area (Å²) in [6, 6.07) is -0.737. The number of carboxylic acids is 1. The molecule has 0 aromatic carbocycles. The SMILES string of the molecule is CCCCC/C=C/C/C=C/C/C=C/C/C=C/CCCC(=O)OCC(COCCC(C(=O)[O-])[N+](C)(C)C)OC(=O)CCCCCCCCC/C=C/CCCCCCCCCCCCCC. The Hall–Kier alpha value is -2.97. The lowest BCUT2D eigenvalue weighted by Gasteiger charge is -2.34. The van der Waals surface area contributed by atoms with Crippen molar-refractivity contribution in [1.29, 1.82) is 0 Å². The van der Waals surface area contributed by atoms with E-state index < -0.39 is 18.1 Å². The van der Waals surface area contributed by atoms with Crippen molar-refractivity contribution in [2.45, 2.75) is 238 Å². The fourth-order valence-corrected chi connectivity index (χ4v) is 7.53. The number of allylic oxidation sites excluding steroid dienone is 10. The molecule has 0 radical (unpaired) electrons. The average molecular weight is 898 g/mol. The second-order valence-corrected chi connectivity index (χ2v) is 18.8. The molecule has 0 N–H and O–H groups in total. The van der Waals surface area contributed by atoms with Crippen LogP contribution in [0, 0.1) is 0 Å². The van der Waals surface area contributed by atoms with Gasteiger partial charge in [0.2, 0.25) is 0 Å². The van der Waals surface area contributed by atoms with Crippen LogP contribution in [0.25, 0.3) is 0 Å². The molecule has 0 aromatic heterocycles. The molecule has 64 heavy (non-hydrogen) atoms. The molecular weight excluding hydrogens is 799 g/mol. The Labute approximate surface area is 394 Å². The Morgan fingerprint density at radius 1 is 0.469 bits per heavy atom. The Bertz CT molecular complexity index is 1230. The molecule has 0 saturated heterocycles. The van der Waals surface area contributed by atoms with Crippen LogP contribution in [0.15, 0.2) is 60.8 Å². The zero-order chi connectivity index (χ0) is 47.0. The minimum absolute atomic E-state index is 0.0206. The van der Waals surface area contributed by atoms with Crippen LogP contribution >= 0.6 is 0 Å². The van der Waals surface area contributed by atoms with Crippen LogP contribution < -0.4 is 5.11 Å². The van der Waals surface area contributed by atoms with Gasteiger partial charge in [0.25, 0.3) is 0 Å². The highest BCUT2D eigenvalue weighted by atomic mass is 16.6. The number of aliphatic carboxylic acids is 1. The number of likely N-dealkylation sites (N-methyl/N-ethyl adjacent to an activating group) is 1. The number of carboxylic acid groups (broad SMARTS) is 1. The number of unbranched alkanes of at least 4 members (excludes halogenated alkanes) is 23. The first-order valence-electron chi connectivity index (χ1n) is 26.3. The number of hydrogen-bond acceptors (Lipinski definition) is 7. The van der Waals surface area contributed by atoms with Gasteiger partial charge in [-0.1, -0.05) is 190 Å². The van der Waals surface area contributed by atoms with Gasteiger partial charge in [0, 0.05) is 19.3 Å². The van der Waals surface area contributed by atoms with Gasteiger partial charge in [-0.15, -0.1) is 0 Å². The summed E-state index contributed by atoms with van der Waals surface area (Å²) in [5.74, 6) is -1.81. The smallest absolute Gasteiger partial charge is 0.306 e. The van der Waals surface area contributed by atoms with Crippen molar-refractivity contribution in [3.63, 3.8) is 0 Å². The summed E-state index contributed by atoms with van der Waals surface area (Å²) in [5, 5.41) is 11.7. The van der Waals surface area contributed by atoms with E-state index in [1.165, 1.54) is 141 Å². The maximum atomic E-state index is 12.8. The number of esters is 2. The van der Waals surface area contributed by atoms with Crippen LogP contribution in [0.3, 0.4) is 0 Å². The van der Waals surface area contributed by atoms with Crippen LogP contribution in [-0.2, 0) is 28.6 Å². The van der Waals surface area contributed by atoms with Gasteiger partial charge in [-0.2, -0.15) is 0 Å². The molecule has 0 aliphatic rings. The number of ether oxygens (including phenoxy) is 3. The van der Waals surface area contributed by atoms with Crippen LogP contribution in [0.2, 0.25) is 0 Å². The van der Waals surface area contributed by atoms with E-state index in [4.69, 9.17) is 14.2 Å². The molecule has 0 amide bonds. The van der Waals surface area contributed by atoms with Crippen LogP contribution in [0.4, 0.5) is 0 Å². The summed E-state index contributed by atoms with van der Waals surface area (Å²) in [6.07, 6.45) is 58.4. The van der Waals surface area contributed by atoms with Crippen molar-refractivity contribution in [2.24, 2.45) is 0 Å². The summed E-state index contributed by atoms with van der Waals surface area (Å²) >= 11 is 0. The molecule has 2 unspecified atom stereocenters. The van der Waals surface area contributed by atoms with Crippen LogP contribution in [-0.4, -0.2) is 75.5 Å². The molecule has 0 saturated carbocycles. The molecule has 370 valence electrons. The molecule has 0 heterocycles. The summed E-state index contributed by atoms with van der Waals surface area (Å²) in [7, 11) is 5.40. The Morgan fingerprint density at radius 2 is 0.844 bits per heavy atom. The van der Waals surface area contributed by atoms with Crippen LogP contribution in [0.1, 0.15) is 226 Å². The van der Waals surface area contributed by atoms with E-state index in [0.717, 1.165) is 44.9 Å². The average Bonchev–Trinajstić information content (AvgIpc) is 3.26. The Morgan fingerprint density at radius 3 is 1.31 bits per heavy atom. The first-order valence-corrected chi connectivity index (χ1v) is 26.3. The summed E-state index contributed by atoms with van der Waals surface area (Å²) in [6.45, 7) is 4.59. The normalized spacial score (nSPS) is 13.3. The van der Waals surface area contributed by atoms with Crippen molar-refractivity contribution in [1.82, 2.24) is 0 Å². The Kier molecular flexibility index (Phi) is 44.4. The highest BCUT2D eigenvalue weighted by molar-refractivity contribution is 5.70. The van der Waals surface area contributed by atoms with E-state index in [-0.39, 0.29) is 49.1 Å². The third-order valence-electron chi connectivity index (χ3n) is 11.6. The van der Waals surface area contributed by atoms with E-state index in [1.54, 1.807) is 21.1 Å². The fourth-order valence-electron chi connectivity index (χ4n) is 7.53. The first kappa shape index (κ1) is 61.0. The fraction of sp³-hybridized carbons (Fsp3) is 0.768. The number of rotatable bonds is 47. The van der Waals surface area contributed by atoms with Gasteiger partial charge in [0.05, 0.1) is 40.3 Å². The third-order valence-corrected chi connectivity index (χ3v) is 11.6. The molecule has 0 spiro atoms. The maximum absolute atomic E-state index is 12.8. The molecule has 0 aromatic rings. The van der Waals surface area contributed by atoms with Crippen molar-refractivity contribution in [2.75, 3.05) is 41.0 Å². The topological polar surface area (TPSA) is 102 Å². The number of hydrogen-bond donors (Lipinski definition) is 0. The molecule has 8 nitrogen and oxygen atoms in total. The largest absolute Gasteiger partial charge is 0.544 e. The molecule has 0 bridgehead atoms. The van der Waals surface area contributed by atoms with Crippen molar-refractivity contribution < 1.29 is 38.2 Å². The lowest BCUT2D eigenvalue weighted by Crippen LogP contribution is -2.55. The third kappa shape index (κ3) is 44.2. The highest BCUT2D eigenvalue weighted by Gasteiger charge is 2.25. The second-order valence-electron chi connectivity index (χ2n) is 18.8. The Balaban J connectivity index is 4.29. The molecular formula is C56H99NO7. The van der Waals surface area contributed by atoms with E-state index in [1.807, 2.05) is 0 Å². The molecule has 0 aliphatic carbocycles. The molecule has 8 heteroatoms. The van der Waals surface area contributed by atoms with E-state index in [0.29, 0.717) is 12.8 Å². The quantitative estimate of drug-likeness (QED) is 0.0259. The van der Waals surface area contributed by atoms with E-state index >= 15 is 0 Å². The minimum Gasteiger partial charge on any atom is -0.544 e. The van der Waals surface area contributed by atoms with Crippen LogP contribution in [0.5, 0.6) is 0 Å².